The molecule has 0 unspecified atom stereocenters. The average molecular weight is 399 g/mol. The van der Waals surface area contributed by atoms with Crippen LogP contribution in [0, 0.1) is 5.92 Å². The summed E-state index contributed by atoms with van der Waals surface area (Å²) in [7, 11) is 0. The fraction of sp³-hybridized carbons (Fsp3) is 0.579. The summed E-state index contributed by atoms with van der Waals surface area (Å²) in [5.41, 5.74) is 0. The Labute approximate surface area is 164 Å². The second-order valence-corrected chi connectivity index (χ2v) is 7.92. The summed E-state index contributed by atoms with van der Waals surface area (Å²) in [5, 5.41) is 0.833. The van der Waals surface area contributed by atoms with Crippen LogP contribution in [-0.4, -0.2) is 48.0 Å². The summed E-state index contributed by atoms with van der Waals surface area (Å²) in [5.74, 6) is 1.08. The van der Waals surface area contributed by atoms with Crippen LogP contribution in [0.2, 0.25) is 10.0 Å². The summed E-state index contributed by atoms with van der Waals surface area (Å²) in [4.78, 5) is 28.5. The molecule has 0 atom stereocenters. The highest BCUT2D eigenvalue weighted by atomic mass is 35.5. The Morgan fingerprint density at radius 1 is 0.923 bits per heavy atom. The fourth-order valence-corrected chi connectivity index (χ4v) is 4.20. The summed E-state index contributed by atoms with van der Waals surface area (Å²) in [6.45, 7) is 2.29. The monoisotopic (exact) mass is 398 g/mol. The Bertz CT molecular complexity index is 642. The van der Waals surface area contributed by atoms with E-state index < -0.39 is 6.09 Å². The minimum Gasteiger partial charge on any atom is -0.410 e. The van der Waals surface area contributed by atoms with Crippen LogP contribution in [0.3, 0.4) is 0 Å². The Morgan fingerprint density at radius 2 is 1.54 bits per heavy atom. The fourth-order valence-electron chi connectivity index (χ4n) is 3.69. The van der Waals surface area contributed by atoms with Gasteiger partial charge in [0.25, 0.3) is 0 Å². The second-order valence-electron chi connectivity index (χ2n) is 7.05. The van der Waals surface area contributed by atoms with Crippen LogP contribution in [0.4, 0.5) is 4.79 Å². The lowest BCUT2D eigenvalue weighted by Crippen LogP contribution is -2.38. The van der Waals surface area contributed by atoms with Crippen LogP contribution in [0.5, 0.6) is 5.75 Å². The van der Waals surface area contributed by atoms with Crippen LogP contribution in [0.1, 0.15) is 38.5 Å². The molecule has 1 saturated heterocycles. The molecule has 0 spiro atoms. The standard InChI is InChI=1S/C19H24Cl2N2O3/c20-15-11-16(21)13-17(12-15)26-19(25)23-7-3-6-22(8-9-23)18(24)10-14-4-1-2-5-14/h11-14H,1-10H2. The van der Waals surface area contributed by atoms with Gasteiger partial charge >= 0.3 is 6.09 Å². The maximum Gasteiger partial charge on any atom is 0.415 e. The topological polar surface area (TPSA) is 49.9 Å². The summed E-state index contributed by atoms with van der Waals surface area (Å²) < 4.78 is 5.39. The number of benzene rings is 1. The molecule has 26 heavy (non-hydrogen) atoms. The van der Waals surface area contributed by atoms with E-state index in [2.05, 4.69) is 0 Å². The molecule has 0 radical (unpaired) electrons. The van der Waals surface area contributed by atoms with E-state index in [-0.39, 0.29) is 5.91 Å². The van der Waals surface area contributed by atoms with E-state index >= 15 is 0 Å². The van der Waals surface area contributed by atoms with Crippen molar-refractivity contribution < 1.29 is 14.3 Å². The molecule has 2 amide bonds. The summed E-state index contributed by atoms with van der Waals surface area (Å²) in [6, 6.07) is 4.70. The highest BCUT2D eigenvalue weighted by Crippen LogP contribution is 2.28. The van der Waals surface area contributed by atoms with Gasteiger partial charge < -0.3 is 14.5 Å². The van der Waals surface area contributed by atoms with E-state index in [0.717, 1.165) is 6.42 Å². The number of ether oxygens (including phenoxy) is 1. The van der Waals surface area contributed by atoms with Crippen LogP contribution in [-0.2, 0) is 4.79 Å². The molecule has 2 fully saturated rings. The highest BCUT2D eigenvalue weighted by Gasteiger charge is 2.26. The normalized spacial score (nSPS) is 18.7. The number of rotatable bonds is 3. The molecule has 1 heterocycles. The molecule has 0 N–H and O–H groups in total. The van der Waals surface area contributed by atoms with Crippen molar-refractivity contribution in [3.05, 3.63) is 28.2 Å². The van der Waals surface area contributed by atoms with Crippen molar-refractivity contribution in [1.29, 1.82) is 0 Å². The number of nitrogens with zero attached hydrogens (tertiary/aromatic N) is 2. The van der Waals surface area contributed by atoms with Gasteiger partial charge in [-0.15, -0.1) is 0 Å². The van der Waals surface area contributed by atoms with E-state index in [1.54, 1.807) is 23.1 Å². The lowest BCUT2D eigenvalue weighted by Gasteiger charge is -2.23. The predicted molar refractivity (Wildman–Crippen MR) is 102 cm³/mol. The molecule has 2 aliphatic rings. The molecule has 3 rings (SSSR count). The zero-order valence-electron chi connectivity index (χ0n) is 14.8. The number of carbonyl (C=O) groups is 2. The molecule has 0 bridgehead atoms. The van der Waals surface area contributed by atoms with Gasteiger partial charge in [-0.2, -0.15) is 0 Å². The van der Waals surface area contributed by atoms with Crippen molar-refractivity contribution in [2.24, 2.45) is 5.92 Å². The maximum atomic E-state index is 12.5. The number of carbonyl (C=O) groups excluding carboxylic acids is 2. The van der Waals surface area contributed by atoms with Crippen LogP contribution in [0.15, 0.2) is 18.2 Å². The van der Waals surface area contributed by atoms with E-state index in [1.165, 1.54) is 25.7 Å². The Hall–Kier alpha value is -1.46. The van der Waals surface area contributed by atoms with Crippen molar-refractivity contribution in [3.63, 3.8) is 0 Å². The number of amides is 2. The first kappa shape index (κ1) is 19.3. The largest absolute Gasteiger partial charge is 0.415 e. The van der Waals surface area contributed by atoms with Gasteiger partial charge in [0.1, 0.15) is 5.75 Å². The van der Waals surface area contributed by atoms with Crippen molar-refractivity contribution in [3.8, 4) is 5.75 Å². The highest BCUT2D eigenvalue weighted by molar-refractivity contribution is 6.34. The quantitative estimate of drug-likeness (QED) is 0.746. The first-order chi connectivity index (χ1) is 12.5. The minimum absolute atomic E-state index is 0.216. The zero-order valence-corrected chi connectivity index (χ0v) is 16.3. The van der Waals surface area contributed by atoms with E-state index in [1.807, 2.05) is 4.90 Å². The first-order valence-electron chi connectivity index (χ1n) is 9.22. The van der Waals surface area contributed by atoms with Crippen LogP contribution in [0.25, 0.3) is 0 Å². The Balaban J connectivity index is 1.52. The van der Waals surface area contributed by atoms with Crippen LogP contribution >= 0.6 is 23.2 Å². The molecule has 1 aromatic carbocycles. The first-order valence-corrected chi connectivity index (χ1v) is 9.97. The predicted octanol–water partition coefficient (Wildman–Crippen LogP) is 4.61. The average Bonchev–Trinajstić information content (AvgIpc) is 2.94. The van der Waals surface area contributed by atoms with Gasteiger partial charge in [0.05, 0.1) is 0 Å². The third-order valence-electron chi connectivity index (χ3n) is 5.09. The smallest absolute Gasteiger partial charge is 0.410 e. The molecular formula is C19H24Cl2N2O3. The SMILES string of the molecule is O=C(CC1CCCC1)N1CCCN(C(=O)Oc2cc(Cl)cc(Cl)c2)CC1. The van der Waals surface area contributed by atoms with Gasteiger partial charge in [-0.3, -0.25) is 4.79 Å². The Kier molecular flexibility index (Phi) is 6.65. The molecule has 0 aromatic heterocycles. The van der Waals surface area contributed by atoms with Crippen LogP contribution < -0.4 is 4.74 Å². The third-order valence-corrected chi connectivity index (χ3v) is 5.52. The van der Waals surface area contributed by atoms with Crippen molar-refractivity contribution >= 4 is 35.2 Å². The van der Waals surface area contributed by atoms with E-state index in [4.69, 9.17) is 27.9 Å². The molecule has 1 saturated carbocycles. The minimum atomic E-state index is -0.437. The molecule has 142 valence electrons. The van der Waals surface area contributed by atoms with Gasteiger partial charge in [0, 0.05) is 42.6 Å². The lowest BCUT2D eigenvalue weighted by molar-refractivity contribution is -0.132. The second kappa shape index (κ2) is 8.96. The zero-order chi connectivity index (χ0) is 18.5. The molecular weight excluding hydrogens is 375 g/mol. The maximum absolute atomic E-state index is 12.5. The lowest BCUT2D eigenvalue weighted by atomic mass is 10.0. The van der Waals surface area contributed by atoms with Gasteiger partial charge in [-0.05, 0) is 43.4 Å². The van der Waals surface area contributed by atoms with E-state index in [9.17, 15) is 9.59 Å². The van der Waals surface area contributed by atoms with Gasteiger partial charge in [0.2, 0.25) is 5.91 Å². The molecule has 5 nitrogen and oxygen atoms in total. The number of hydrogen-bond donors (Lipinski definition) is 0. The van der Waals surface area contributed by atoms with E-state index in [0.29, 0.717) is 54.3 Å². The third kappa shape index (κ3) is 5.27. The van der Waals surface area contributed by atoms with Gasteiger partial charge in [0.15, 0.2) is 0 Å². The van der Waals surface area contributed by atoms with Gasteiger partial charge in [-0.25, -0.2) is 4.79 Å². The molecule has 7 heteroatoms. The molecule has 1 aromatic rings. The summed E-state index contributed by atoms with van der Waals surface area (Å²) in [6.07, 6.45) is 5.78. The van der Waals surface area contributed by atoms with Crippen molar-refractivity contribution in [1.82, 2.24) is 9.80 Å². The number of halogens is 2. The molecule has 1 aliphatic carbocycles. The summed E-state index contributed by atoms with van der Waals surface area (Å²) >= 11 is 11.9. The van der Waals surface area contributed by atoms with Crippen molar-refractivity contribution in [2.75, 3.05) is 26.2 Å². The number of hydrogen-bond acceptors (Lipinski definition) is 3. The Morgan fingerprint density at radius 3 is 2.23 bits per heavy atom. The molecule has 1 aliphatic heterocycles. The van der Waals surface area contributed by atoms with Crippen molar-refractivity contribution in [2.45, 2.75) is 38.5 Å². The van der Waals surface area contributed by atoms with Gasteiger partial charge in [-0.1, -0.05) is 36.0 Å².